The van der Waals surface area contributed by atoms with Crippen LogP contribution in [-0.4, -0.2) is 0 Å². The van der Waals surface area contributed by atoms with E-state index in [1.54, 1.807) is 6.26 Å². The first-order valence-corrected chi connectivity index (χ1v) is 6.90. The van der Waals surface area contributed by atoms with Crippen LogP contribution in [0.1, 0.15) is 22.8 Å². The number of fused-ring (bicyclic) bond motifs is 5. The molecule has 0 saturated carbocycles. The van der Waals surface area contributed by atoms with Gasteiger partial charge in [0.1, 0.15) is 6.10 Å². The largest absolute Gasteiger partial charge is 0.489 e. The molecule has 20 heavy (non-hydrogen) atoms. The Kier molecular flexibility index (Phi) is 1.80. The summed E-state index contributed by atoms with van der Waals surface area (Å²) in [7, 11) is 0. The summed E-state index contributed by atoms with van der Waals surface area (Å²) in [5.41, 5.74) is 9.22. The minimum Gasteiger partial charge on any atom is -0.489 e. The Bertz CT molecular complexity index is 837. The van der Waals surface area contributed by atoms with E-state index in [0.717, 1.165) is 0 Å². The number of benzene rings is 2. The van der Waals surface area contributed by atoms with Crippen LogP contribution >= 0.6 is 0 Å². The predicted octanol–water partition coefficient (Wildman–Crippen LogP) is 4.62. The summed E-state index contributed by atoms with van der Waals surface area (Å²) in [4.78, 5) is 0. The SMILES string of the molecule is C1=COC2C(=C1)C=C1c3ccccc3-c3cccc2c31. The summed E-state index contributed by atoms with van der Waals surface area (Å²) in [5, 5.41) is 0. The van der Waals surface area contributed by atoms with Crippen LogP contribution in [0.2, 0.25) is 0 Å². The van der Waals surface area contributed by atoms with Crippen molar-refractivity contribution in [2.45, 2.75) is 6.10 Å². The van der Waals surface area contributed by atoms with Gasteiger partial charge >= 0.3 is 0 Å². The molecule has 0 radical (unpaired) electrons. The lowest BCUT2D eigenvalue weighted by Gasteiger charge is -2.27. The molecule has 2 aromatic rings. The fourth-order valence-electron chi connectivity index (χ4n) is 3.53. The number of hydrogen-bond donors (Lipinski definition) is 0. The fourth-order valence-corrected chi connectivity index (χ4v) is 3.53. The van der Waals surface area contributed by atoms with Gasteiger partial charge in [0.05, 0.1) is 6.26 Å². The zero-order valence-electron chi connectivity index (χ0n) is 10.8. The lowest BCUT2D eigenvalue weighted by atomic mass is 9.84. The Morgan fingerprint density at radius 2 is 1.70 bits per heavy atom. The molecule has 5 rings (SSSR count). The molecular weight excluding hydrogens is 244 g/mol. The Labute approximate surface area is 117 Å². The van der Waals surface area contributed by atoms with Crippen LogP contribution in [0.4, 0.5) is 0 Å². The maximum Gasteiger partial charge on any atom is 0.149 e. The van der Waals surface area contributed by atoms with Crippen molar-refractivity contribution in [2.24, 2.45) is 0 Å². The highest BCUT2D eigenvalue weighted by molar-refractivity contribution is 6.04. The molecule has 0 saturated heterocycles. The van der Waals surface area contributed by atoms with E-state index in [2.05, 4.69) is 54.6 Å². The Morgan fingerprint density at radius 3 is 2.65 bits per heavy atom. The van der Waals surface area contributed by atoms with Crippen LogP contribution in [0, 0.1) is 0 Å². The number of rotatable bonds is 0. The number of ether oxygens (including phenoxy) is 1. The van der Waals surface area contributed by atoms with E-state index < -0.39 is 0 Å². The van der Waals surface area contributed by atoms with Gasteiger partial charge in [-0.1, -0.05) is 48.5 Å². The molecule has 2 aliphatic carbocycles. The van der Waals surface area contributed by atoms with Crippen LogP contribution in [-0.2, 0) is 4.74 Å². The molecule has 94 valence electrons. The zero-order chi connectivity index (χ0) is 13.1. The molecule has 0 bridgehead atoms. The van der Waals surface area contributed by atoms with Gasteiger partial charge in [-0.15, -0.1) is 0 Å². The van der Waals surface area contributed by atoms with E-state index in [9.17, 15) is 0 Å². The Hall–Kier alpha value is -2.54. The maximum atomic E-state index is 5.84. The molecule has 3 aliphatic rings. The third kappa shape index (κ3) is 1.13. The molecule has 2 aromatic carbocycles. The molecule has 0 spiro atoms. The third-order valence-corrected chi connectivity index (χ3v) is 4.35. The van der Waals surface area contributed by atoms with Crippen molar-refractivity contribution >= 4 is 5.57 Å². The van der Waals surface area contributed by atoms with Gasteiger partial charge in [-0.2, -0.15) is 0 Å². The molecule has 0 N–H and O–H groups in total. The molecule has 1 nitrogen and oxygen atoms in total. The second-order valence-corrected chi connectivity index (χ2v) is 5.38. The van der Waals surface area contributed by atoms with Crippen molar-refractivity contribution in [3.8, 4) is 11.1 Å². The van der Waals surface area contributed by atoms with E-state index >= 15 is 0 Å². The topological polar surface area (TPSA) is 9.23 Å². The predicted molar refractivity (Wildman–Crippen MR) is 80.0 cm³/mol. The first-order valence-electron chi connectivity index (χ1n) is 6.90. The highest BCUT2D eigenvalue weighted by atomic mass is 16.5. The summed E-state index contributed by atoms with van der Waals surface area (Å²) in [6, 6.07) is 15.2. The summed E-state index contributed by atoms with van der Waals surface area (Å²) >= 11 is 0. The molecular formula is C19H12O. The number of hydrogen-bond acceptors (Lipinski definition) is 1. The lowest BCUT2D eigenvalue weighted by Crippen LogP contribution is -2.12. The molecule has 1 heteroatoms. The summed E-state index contributed by atoms with van der Waals surface area (Å²) < 4.78 is 5.84. The van der Waals surface area contributed by atoms with Gasteiger partial charge in [-0.05, 0) is 45.6 Å². The monoisotopic (exact) mass is 256 g/mol. The van der Waals surface area contributed by atoms with E-state index in [-0.39, 0.29) is 6.10 Å². The summed E-state index contributed by atoms with van der Waals surface area (Å²) in [5.74, 6) is 0. The van der Waals surface area contributed by atoms with E-state index in [1.165, 1.54) is 39.0 Å². The number of allylic oxidation sites excluding steroid dienone is 2. The van der Waals surface area contributed by atoms with Crippen molar-refractivity contribution in [3.63, 3.8) is 0 Å². The fraction of sp³-hybridized carbons (Fsp3) is 0.0526. The first kappa shape index (κ1) is 10.3. The van der Waals surface area contributed by atoms with Crippen LogP contribution in [0.25, 0.3) is 16.7 Å². The van der Waals surface area contributed by atoms with Crippen LogP contribution < -0.4 is 0 Å². The van der Waals surface area contributed by atoms with Crippen molar-refractivity contribution in [1.29, 1.82) is 0 Å². The van der Waals surface area contributed by atoms with Gasteiger partial charge in [-0.3, -0.25) is 0 Å². The molecule has 1 atom stereocenters. The quantitative estimate of drug-likeness (QED) is 0.570. The minimum atomic E-state index is 0.0491. The highest BCUT2D eigenvalue weighted by Gasteiger charge is 2.34. The van der Waals surface area contributed by atoms with Gasteiger partial charge in [-0.25, -0.2) is 0 Å². The summed E-state index contributed by atoms with van der Waals surface area (Å²) in [6.07, 6.45) is 8.24. The Morgan fingerprint density at radius 1 is 0.850 bits per heavy atom. The van der Waals surface area contributed by atoms with Gasteiger partial charge in [0.15, 0.2) is 0 Å². The van der Waals surface area contributed by atoms with Gasteiger partial charge < -0.3 is 4.74 Å². The first-order chi connectivity index (χ1) is 9.93. The van der Waals surface area contributed by atoms with Crippen molar-refractivity contribution in [3.05, 3.63) is 89.2 Å². The third-order valence-electron chi connectivity index (χ3n) is 4.35. The van der Waals surface area contributed by atoms with Gasteiger partial charge in [0, 0.05) is 5.56 Å². The average Bonchev–Trinajstić information content (AvgIpc) is 2.84. The molecule has 1 heterocycles. The molecule has 0 amide bonds. The maximum absolute atomic E-state index is 5.84. The molecule has 1 unspecified atom stereocenters. The van der Waals surface area contributed by atoms with Crippen LogP contribution in [0.5, 0.6) is 0 Å². The smallest absolute Gasteiger partial charge is 0.149 e. The standard InChI is InChI=1S/C19H12O/c1-2-7-14-13(6-1)15-8-3-9-16-18(15)17(14)11-12-5-4-10-20-19(12)16/h1-11,19H. The van der Waals surface area contributed by atoms with Crippen LogP contribution in [0.15, 0.2) is 72.5 Å². The summed E-state index contributed by atoms with van der Waals surface area (Å²) in [6.45, 7) is 0. The van der Waals surface area contributed by atoms with Crippen molar-refractivity contribution < 1.29 is 4.74 Å². The zero-order valence-corrected chi connectivity index (χ0v) is 10.8. The molecule has 0 aromatic heterocycles. The molecule has 1 aliphatic heterocycles. The van der Waals surface area contributed by atoms with Crippen molar-refractivity contribution in [2.75, 3.05) is 0 Å². The van der Waals surface area contributed by atoms with E-state index in [4.69, 9.17) is 4.74 Å². The highest BCUT2D eigenvalue weighted by Crippen LogP contribution is 2.52. The minimum absolute atomic E-state index is 0.0491. The molecule has 0 fully saturated rings. The second-order valence-electron chi connectivity index (χ2n) is 5.38. The lowest BCUT2D eigenvalue weighted by molar-refractivity contribution is 0.177. The van der Waals surface area contributed by atoms with Crippen LogP contribution in [0.3, 0.4) is 0 Å². The van der Waals surface area contributed by atoms with Gasteiger partial charge in [0.25, 0.3) is 0 Å². The normalized spacial score (nSPS) is 20.3. The van der Waals surface area contributed by atoms with E-state index in [0.29, 0.717) is 0 Å². The second kappa shape index (κ2) is 3.51. The Balaban J connectivity index is 1.92. The van der Waals surface area contributed by atoms with Gasteiger partial charge in [0.2, 0.25) is 0 Å². The average molecular weight is 256 g/mol. The van der Waals surface area contributed by atoms with Crippen molar-refractivity contribution in [1.82, 2.24) is 0 Å². The van der Waals surface area contributed by atoms with E-state index in [1.807, 2.05) is 6.08 Å².